The average Bonchev–Trinajstić information content (AvgIpc) is 2.42. The summed E-state index contributed by atoms with van der Waals surface area (Å²) in [6.07, 6.45) is 3.40. The molecule has 0 aromatic heterocycles. The van der Waals surface area contributed by atoms with Crippen molar-refractivity contribution < 1.29 is 4.74 Å². The largest absolute Gasteiger partial charge is 0.373 e. The molecule has 0 aromatic rings. The second kappa shape index (κ2) is 2.48. The lowest BCUT2D eigenvalue weighted by atomic mass is 10.3. The first-order valence-electron chi connectivity index (χ1n) is 3.05. The lowest BCUT2D eigenvalue weighted by Crippen LogP contribution is -1.82. The normalized spacial score (nSPS) is 28.3. The highest BCUT2D eigenvalue weighted by atomic mass is 28.1. The van der Waals surface area contributed by atoms with Crippen molar-refractivity contribution in [3.63, 3.8) is 0 Å². The molecule has 0 spiro atoms. The van der Waals surface area contributed by atoms with E-state index in [1.165, 1.54) is 29.1 Å². The van der Waals surface area contributed by atoms with Crippen LogP contribution in [0.4, 0.5) is 0 Å². The third-order valence-corrected chi connectivity index (χ3v) is 1.99. The van der Waals surface area contributed by atoms with Gasteiger partial charge >= 0.3 is 0 Å². The Morgan fingerprint density at radius 1 is 1.71 bits per heavy atom. The second-order valence-corrected chi connectivity index (χ2v) is 3.10. The zero-order valence-electron chi connectivity index (χ0n) is 4.81. The van der Waals surface area contributed by atoms with E-state index in [0.29, 0.717) is 6.10 Å². The molecule has 0 aliphatic carbocycles. The molecular formula is C5H12OSi. The van der Waals surface area contributed by atoms with Crippen LogP contribution in [-0.4, -0.2) is 23.0 Å². The molecule has 0 N–H and O–H groups in total. The quantitative estimate of drug-likeness (QED) is 0.372. The molecule has 1 unspecified atom stereocenters. The summed E-state index contributed by atoms with van der Waals surface area (Å²) in [5.41, 5.74) is 0. The summed E-state index contributed by atoms with van der Waals surface area (Å²) >= 11 is 0. The monoisotopic (exact) mass is 116 g/mol. The molecule has 1 aliphatic rings. The zero-order valence-corrected chi connectivity index (χ0v) is 6.81. The van der Waals surface area contributed by atoms with Gasteiger partial charge in [-0.3, -0.25) is 0 Å². The summed E-state index contributed by atoms with van der Waals surface area (Å²) in [6.45, 7) is 1.04. The van der Waals surface area contributed by atoms with Gasteiger partial charge in [-0.05, 0) is 6.42 Å². The molecule has 1 aliphatic heterocycles. The molecule has 1 fully saturated rings. The Kier molecular flexibility index (Phi) is 1.88. The first kappa shape index (κ1) is 5.32. The van der Waals surface area contributed by atoms with Crippen molar-refractivity contribution in [3.8, 4) is 0 Å². The van der Waals surface area contributed by atoms with Crippen LogP contribution in [0.5, 0.6) is 0 Å². The molecule has 42 valence electrons. The van der Waals surface area contributed by atoms with Crippen molar-refractivity contribution in [2.75, 3.05) is 6.61 Å². The minimum absolute atomic E-state index is 0.675. The van der Waals surface area contributed by atoms with Crippen LogP contribution in [-0.2, 0) is 4.74 Å². The molecule has 0 radical (unpaired) electrons. The van der Waals surface area contributed by atoms with Crippen LogP contribution in [0.15, 0.2) is 0 Å². The Balaban J connectivity index is 1.80. The minimum atomic E-state index is 0.675. The number of rotatable bonds is 3. The van der Waals surface area contributed by atoms with Crippen molar-refractivity contribution >= 4 is 10.2 Å². The molecule has 7 heavy (non-hydrogen) atoms. The molecule has 2 heteroatoms. The van der Waals surface area contributed by atoms with Gasteiger partial charge in [-0.1, -0.05) is 12.5 Å². The van der Waals surface area contributed by atoms with E-state index in [-0.39, 0.29) is 0 Å². The van der Waals surface area contributed by atoms with Crippen molar-refractivity contribution in [3.05, 3.63) is 0 Å². The fourth-order valence-corrected chi connectivity index (χ4v) is 1.07. The smallest absolute Gasteiger partial charge is 0.0809 e. The molecule has 1 nitrogen and oxygen atoms in total. The summed E-state index contributed by atoms with van der Waals surface area (Å²) in [6, 6.07) is 1.44. The van der Waals surface area contributed by atoms with E-state index >= 15 is 0 Å². The standard InChI is InChI=1S/C5H12OSi/c7-3-1-2-5-4-6-5/h5H,1-4H2,7H3. The van der Waals surface area contributed by atoms with Crippen LogP contribution in [0.2, 0.25) is 6.04 Å². The van der Waals surface area contributed by atoms with E-state index < -0.39 is 0 Å². The lowest BCUT2D eigenvalue weighted by molar-refractivity contribution is 0.395. The molecule has 0 aromatic carbocycles. The lowest BCUT2D eigenvalue weighted by Gasteiger charge is -1.86. The summed E-state index contributed by atoms with van der Waals surface area (Å²) in [7, 11) is 1.37. The van der Waals surface area contributed by atoms with E-state index in [1.54, 1.807) is 0 Å². The Labute approximate surface area is 47.5 Å². The third kappa shape index (κ3) is 2.09. The van der Waals surface area contributed by atoms with Crippen LogP contribution in [0.25, 0.3) is 0 Å². The van der Waals surface area contributed by atoms with E-state index in [0.717, 1.165) is 6.61 Å². The second-order valence-electron chi connectivity index (χ2n) is 2.10. The van der Waals surface area contributed by atoms with Gasteiger partial charge in [0.2, 0.25) is 0 Å². The van der Waals surface area contributed by atoms with Gasteiger partial charge in [-0.25, -0.2) is 0 Å². The summed E-state index contributed by atoms with van der Waals surface area (Å²) in [5, 5.41) is 0. The predicted octanol–water partition coefficient (Wildman–Crippen LogP) is -0.0509. The first-order valence-corrected chi connectivity index (χ1v) is 4.46. The highest BCUT2D eigenvalue weighted by molar-refractivity contribution is 6.08. The first-order chi connectivity index (χ1) is 3.43. The molecule has 0 bridgehead atoms. The number of hydrogen-bond acceptors (Lipinski definition) is 1. The molecule has 1 rings (SSSR count). The topological polar surface area (TPSA) is 12.5 Å². The maximum Gasteiger partial charge on any atom is 0.0809 e. The van der Waals surface area contributed by atoms with E-state index in [4.69, 9.17) is 4.74 Å². The molecule has 1 atom stereocenters. The van der Waals surface area contributed by atoms with E-state index in [9.17, 15) is 0 Å². The summed E-state index contributed by atoms with van der Waals surface area (Å²) < 4.78 is 5.03. The van der Waals surface area contributed by atoms with Crippen molar-refractivity contribution in [1.82, 2.24) is 0 Å². The maximum absolute atomic E-state index is 5.03. The van der Waals surface area contributed by atoms with Gasteiger partial charge < -0.3 is 4.74 Å². The highest BCUT2D eigenvalue weighted by Crippen LogP contribution is 2.15. The van der Waals surface area contributed by atoms with Gasteiger partial charge in [0.05, 0.1) is 12.7 Å². The molecule has 0 amide bonds. The number of epoxide rings is 1. The van der Waals surface area contributed by atoms with E-state index in [2.05, 4.69) is 0 Å². The average molecular weight is 116 g/mol. The Hall–Kier alpha value is 0.177. The molecular weight excluding hydrogens is 104 g/mol. The fourth-order valence-electron chi connectivity index (χ4n) is 0.667. The maximum atomic E-state index is 5.03. The number of ether oxygens (including phenoxy) is 1. The highest BCUT2D eigenvalue weighted by Gasteiger charge is 2.20. The minimum Gasteiger partial charge on any atom is -0.373 e. The van der Waals surface area contributed by atoms with Crippen LogP contribution in [0.3, 0.4) is 0 Å². The van der Waals surface area contributed by atoms with Gasteiger partial charge in [0.1, 0.15) is 0 Å². The Bertz CT molecular complexity index is 52.0. The molecule has 1 heterocycles. The van der Waals surface area contributed by atoms with Gasteiger partial charge in [0.15, 0.2) is 0 Å². The van der Waals surface area contributed by atoms with Crippen LogP contribution >= 0.6 is 0 Å². The molecule has 0 saturated carbocycles. The zero-order chi connectivity index (χ0) is 5.11. The van der Waals surface area contributed by atoms with Crippen molar-refractivity contribution in [2.24, 2.45) is 0 Å². The predicted molar refractivity (Wildman–Crippen MR) is 33.7 cm³/mol. The molecule has 1 saturated heterocycles. The third-order valence-electron chi connectivity index (χ3n) is 1.28. The van der Waals surface area contributed by atoms with Crippen LogP contribution in [0, 0.1) is 0 Å². The van der Waals surface area contributed by atoms with Crippen LogP contribution < -0.4 is 0 Å². The van der Waals surface area contributed by atoms with Gasteiger partial charge in [-0.15, -0.1) is 0 Å². The van der Waals surface area contributed by atoms with Crippen molar-refractivity contribution in [1.29, 1.82) is 0 Å². The van der Waals surface area contributed by atoms with Crippen molar-refractivity contribution in [2.45, 2.75) is 25.0 Å². The van der Waals surface area contributed by atoms with Gasteiger partial charge in [-0.2, -0.15) is 0 Å². The summed E-state index contributed by atoms with van der Waals surface area (Å²) in [5.74, 6) is 0. The van der Waals surface area contributed by atoms with Crippen LogP contribution in [0.1, 0.15) is 12.8 Å². The Morgan fingerprint density at radius 2 is 2.43 bits per heavy atom. The summed E-state index contributed by atoms with van der Waals surface area (Å²) in [4.78, 5) is 0. The van der Waals surface area contributed by atoms with Gasteiger partial charge in [0, 0.05) is 10.2 Å². The van der Waals surface area contributed by atoms with Gasteiger partial charge in [0.25, 0.3) is 0 Å². The Morgan fingerprint density at radius 3 is 2.86 bits per heavy atom. The van der Waals surface area contributed by atoms with E-state index in [1.807, 2.05) is 0 Å². The number of hydrogen-bond donors (Lipinski definition) is 0. The fraction of sp³-hybridized carbons (Fsp3) is 1.00. The SMILES string of the molecule is [SiH3]CCCC1CO1.